The van der Waals surface area contributed by atoms with Crippen LogP contribution in [0.2, 0.25) is 0 Å². The standard InChI is InChI=1S/C9H16N2/c1-7-4-8(2)11-9(5-7)6-10-3/h4-5,9-11H,6H2,1-3H3. The van der Waals surface area contributed by atoms with Gasteiger partial charge in [-0.2, -0.15) is 0 Å². The Kier molecular flexibility index (Phi) is 2.71. The smallest absolute Gasteiger partial charge is 0.0571 e. The van der Waals surface area contributed by atoms with Crippen LogP contribution in [0.5, 0.6) is 0 Å². The fraction of sp³-hybridized carbons (Fsp3) is 0.556. The van der Waals surface area contributed by atoms with Gasteiger partial charge in [0.25, 0.3) is 0 Å². The molecule has 1 atom stereocenters. The van der Waals surface area contributed by atoms with Gasteiger partial charge in [-0.05, 0) is 27.0 Å². The Morgan fingerprint density at radius 2 is 2.27 bits per heavy atom. The zero-order valence-electron chi connectivity index (χ0n) is 7.44. The minimum absolute atomic E-state index is 0.463. The fourth-order valence-electron chi connectivity index (χ4n) is 1.41. The van der Waals surface area contributed by atoms with E-state index in [0.717, 1.165) is 6.54 Å². The van der Waals surface area contributed by atoms with Gasteiger partial charge in [-0.1, -0.05) is 11.6 Å². The van der Waals surface area contributed by atoms with Crippen LogP contribution < -0.4 is 10.6 Å². The maximum atomic E-state index is 3.37. The van der Waals surface area contributed by atoms with Crippen molar-refractivity contribution in [2.45, 2.75) is 19.9 Å². The molecule has 2 N–H and O–H groups in total. The summed E-state index contributed by atoms with van der Waals surface area (Å²) in [5.74, 6) is 0. The summed E-state index contributed by atoms with van der Waals surface area (Å²) in [6, 6.07) is 0.463. The molecule has 1 aliphatic heterocycles. The van der Waals surface area contributed by atoms with Gasteiger partial charge in [0.15, 0.2) is 0 Å². The zero-order chi connectivity index (χ0) is 8.27. The minimum atomic E-state index is 0.463. The Bertz CT molecular complexity index is 192. The fourth-order valence-corrected chi connectivity index (χ4v) is 1.41. The Balaban J connectivity index is 2.56. The largest absolute Gasteiger partial charge is 0.381 e. The first-order valence-corrected chi connectivity index (χ1v) is 4.00. The quantitative estimate of drug-likeness (QED) is 0.617. The van der Waals surface area contributed by atoms with Crippen molar-refractivity contribution in [2.75, 3.05) is 13.6 Å². The van der Waals surface area contributed by atoms with Crippen LogP contribution in [0.1, 0.15) is 13.8 Å². The first kappa shape index (κ1) is 8.34. The lowest BCUT2D eigenvalue weighted by Gasteiger charge is -2.21. The third-order valence-corrected chi connectivity index (χ3v) is 1.75. The van der Waals surface area contributed by atoms with Crippen LogP contribution in [-0.2, 0) is 0 Å². The average molecular weight is 152 g/mol. The van der Waals surface area contributed by atoms with Crippen molar-refractivity contribution in [2.24, 2.45) is 0 Å². The van der Waals surface area contributed by atoms with E-state index in [0.29, 0.717) is 6.04 Å². The van der Waals surface area contributed by atoms with Gasteiger partial charge < -0.3 is 10.6 Å². The van der Waals surface area contributed by atoms with Crippen LogP contribution in [-0.4, -0.2) is 19.6 Å². The molecule has 1 heterocycles. The molecule has 11 heavy (non-hydrogen) atoms. The van der Waals surface area contributed by atoms with Crippen LogP contribution in [0.4, 0.5) is 0 Å². The van der Waals surface area contributed by atoms with Crippen molar-refractivity contribution < 1.29 is 0 Å². The molecule has 0 saturated heterocycles. The van der Waals surface area contributed by atoms with Crippen molar-refractivity contribution in [1.29, 1.82) is 0 Å². The second-order valence-electron chi connectivity index (χ2n) is 3.05. The van der Waals surface area contributed by atoms with E-state index in [1.54, 1.807) is 0 Å². The Morgan fingerprint density at radius 3 is 2.82 bits per heavy atom. The van der Waals surface area contributed by atoms with Crippen LogP contribution >= 0.6 is 0 Å². The topological polar surface area (TPSA) is 24.1 Å². The lowest BCUT2D eigenvalue weighted by Crippen LogP contribution is -2.36. The van der Waals surface area contributed by atoms with Gasteiger partial charge in [0, 0.05) is 12.2 Å². The number of hydrogen-bond acceptors (Lipinski definition) is 2. The number of allylic oxidation sites excluding steroid dienone is 3. The van der Waals surface area contributed by atoms with Crippen molar-refractivity contribution in [3.63, 3.8) is 0 Å². The zero-order valence-corrected chi connectivity index (χ0v) is 7.44. The molecule has 62 valence electrons. The highest BCUT2D eigenvalue weighted by atomic mass is 15.0. The monoisotopic (exact) mass is 152 g/mol. The summed E-state index contributed by atoms with van der Waals surface area (Å²) in [7, 11) is 1.97. The Hall–Kier alpha value is -0.760. The summed E-state index contributed by atoms with van der Waals surface area (Å²) < 4.78 is 0. The molecule has 0 amide bonds. The summed E-state index contributed by atoms with van der Waals surface area (Å²) in [5.41, 5.74) is 2.60. The lowest BCUT2D eigenvalue weighted by atomic mass is 10.1. The third-order valence-electron chi connectivity index (χ3n) is 1.75. The third kappa shape index (κ3) is 2.39. The van der Waals surface area contributed by atoms with Gasteiger partial charge in [-0.3, -0.25) is 0 Å². The van der Waals surface area contributed by atoms with Gasteiger partial charge in [-0.25, -0.2) is 0 Å². The number of likely N-dealkylation sites (N-methyl/N-ethyl adjacent to an activating group) is 1. The highest BCUT2D eigenvalue weighted by Crippen LogP contribution is 2.07. The molecule has 0 aromatic carbocycles. The molecule has 0 saturated carbocycles. The maximum Gasteiger partial charge on any atom is 0.0571 e. The van der Waals surface area contributed by atoms with Crippen LogP contribution in [0, 0.1) is 0 Å². The molecule has 0 aromatic rings. The number of hydrogen-bond donors (Lipinski definition) is 2. The molecule has 0 radical (unpaired) electrons. The SMILES string of the molecule is CNCC1C=C(C)C=C(C)N1. The first-order valence-electron chi connectivity index (χ1n) is 4.00. The van der Waals surface area contributed by atoms with E-state index in [-0.39, 0.29) is 0 Å². The van der Waals surface area contributed by atoms with E-state index in [1.807, 2.05) is 7.05 Å². The lowest BCUT2D eigenvalue weighted by molar-refractivity contribution is 0.610. The van der Waals surface area contributed by atoms with Crippen LogP contribution in [0.3, 0.4) is 0 Å². The number of nitrogens with one attached hydrogen (secondary N) is 2. The predicted molar refractivity (Wildman–Crippen MR) is 48.4 cm³/mol. The van der Waals surface area contributed by atoms with Gasteiger partial charge >= 0.3 is 0 Å². The molecule has 0 fully saturated rings. The Morgan fingerprint density at radius 1 is 1.55 bits per heavy atom. The average Bonchev–Trinajstić information content (AvgIpc) is 1.85. The van der Waals surface area contributed by atoms with Crippen molar-refractivity contribution >= 4 is 0 Å². The highest BCUT2D eigenvalue weighted by Gasteiger charge is 2.07. The first-order chi connectivity index (χ1) is 5.22. The molecular formula is C9H16N2. The van der Waals surface area contributed by atoms with E-state index in [9.17, 15) is 0 Å². The van der Waals surface area contributed by atoms with Gasteiger partial charge in [0.1, 0.15) is 0 Å². The Labute approximate surface area is 68.4 Å². The normalized spacial score (nSPS) is 23.7. The summed E-state index contributed by atoms with van der Waals surface area (Å²) in [5, 5.41) is 6.51. The second-order valence-corrected chi connectivity index (χ2v) is 3.05. The summed E-state index contributed by atoms with van der Waals surface area (Å²) >= 11 is 0. The van der Waals surface area contributed by atoms with Crippen molar-refractivity contribution in [3.8, 4) is 0 Å². The molecule has 0 aliphatic carbocycles. The number of dihydropyridines is 1. The van der Waals surface area contributed by atoms with E-state index in [2.05, 4.69) is 36.6 Å². The van der Waals surface area contributed by atoms with Crippen molar-refractivity contribution in [1.82, 2.24) is 10.6 Å². The van der Waals surface area contributed by atoms with E-state index in [1.165, 1.54) is 11.3 Å². The van der Waals surface area contributed by atoms with Crippen LogP contribution in [0.25, 0.3) is 0 Å². The van der Waals surface area contributed by atoms with Crippen LogP contribution in [0.15, 0.2) is 23.4 Å². The molecular weight excluding hydrogens is 136 g/mol. The summed E-state index contributed by atoms with van der Waals surface area (Å²) in [4.78, 5) is 0. The van der Waals surface area contributed by atoms with Gasteiger partial charge in [0.2, 0.25) is 0 Å². The molecule has 2 heteroatoms. The highest BCUT2D eigenvalue weighted by molar-refractivity contribution is 5.27. The minimum Gasteiger partial charge on any atom is -0.381 e. The van der Waals surface area contributed by atoms with Gasteiger partial charge in [0.05, 0.1) is 6.04 Å². The van der Waals surface area contributed by atoms with E-state index >= 15 is 0 Å². The molecule has 0 bridgehead atoms. The molecule has 1 rings (SSSR count). The molecule has 1 aliphatic rings. The molecule has 0 aromatic heterocycles. The predicted octanol–water partition coefficient (Wildman–Crippen LogP) is 1.03. The van der Waals surface area contributed by atoms with Crippen molar-refractivity contribution in [3.05, 3.63) is 23.4 Å². The van der Waals surface area contributed by atoms with E-state index in [4.69, 9.17) is 0 Å². The molecule has 1 unspecified atom stereocenters. The summed E-state index contributed by atoms with van der Waals surface area (Å²) in [6.45, 7) is 5.22. The molecule has 0 spiro atoms. The number of rotatable bonds is 2. The molecule has 2 nitrogen and oxygen atoms in total. The van der Waals surface area contributed by atoms with E-state index < -0.39 is 0 Å². The maximum absolute atomic E-state index is 3.37. The van der Waals surface area contributed by atoms with Gasteiger partial charge in [-0.15, -0.1) is 0 Å². The summed E-state index contributed by atoms with van der Waals surface area (Å²) in [6.07, 6.45) is 4.40. The second kappa shape index (κ2) is 3.58.